The molecule has 1 unspecified atom stereocenters. The van der Waals surface area contributed by atoms with Crippen molar-refractivity contribution in [3.63, 3.8) is 0 Å². The molecule has 0 radical (unpaired) electrons. The monoisotopic (exact) mass is 439 g/mol. The van der Waals surface area contributed by atoms with Gasteiger partial charge in [-0.1, -0.05) is 77.6 Å². The molecule has 0 aliphatic carbocycles. The number of rotatable bonds is 15. The molecule has 1 rings (SSSR count). The van der Waals surface area contributed by atoms with Gasteiger partial charge in [0.15, 0.2) is 5.92 Å². The Morgan fingerprint density at radius 1 is 0.806 bits per heavy atom. The van der Waals surface area contributed by atoms with Gasteiger partial charge in [0.25, 0.3) is 11.8 Å². The van der Waals surface area contributed by atoms with Gasteiger partial charge < -0.3 is 9.57 Å². The lowest BCUT2D eigenvalue weighted by Gasteiger charge is -2.24. The molecule has 1 heterocycles. The van der Waals surface area contributed by atoms with Crippen LogP contribution < -0.4 is 0 Å². The maximum Gasteiger partial charge on any atom is 0.347 e. The van der Waals surface area contributed by atoms with Crippen LogP contribution in [0.1, 0.15) is 118 Å². The van der Waals surface area contributed by atoms with Crippen LogP contribution in [0.5, 0.6) is 0 Å². The van der Waals surface area contributed by atoms with Crippen LogP contribution in [-0.4, -0.2) is 34.4 Å². The van der Waals surface area contributed by atoms with E-state index >= 15 is 0 Å². The summed E-state index contributed by atoms with van der Waals surface area (Å²) in [6.07, 6.45) is 13.1. The van der Waals surface area contributed by atoms with Crippen LogP contribution in [0.15, 0.2) is 0 Å². The minimum Gasteiger partial charge on any atom is -0.459 e. The van der Waals surface area contributed by atoms with Gasteiger partial charge in [-0.25, -0.2) is 4.79 Å². The summed E-state index contributed by atoms with van der Waals surface area (Å²) in [5.74, 6) is -3.83. The molecule has 1 atom stereocenters. The number of amides is 2. The first-order valence-corrected chi connectivity index (χ1v) is 12.0. The van der Waals surface area contributed by atoms with Gasteiger partial charge in [0.05, 0.1) is 0 Å². The predicted molar refractivity (Wildman–Crippen MR) is 118 cm³/mol. The molecule has 0 bridgehead atoms. The van der Waals surface area contributed by atoms with E-state index in [0.29, 0.717) is 11.5 Å². The standard InChI is InChI=1S/C24H41NO6/c1-5-6-7-8-9-10-11-12-13-14-15-16-19(22(28)30-24(2,3)4)23(29)31-25-20(26)17-18-21(25)27/h19H,5-18H2,1-4H3. The fourth-order valence-corrected chi connectivity index (χ4v) is 3.53. The summed E-state index contributed by atoms with van der Waals surface area (Å²) in [5.41, 5.74) is -0.744. The second-order valence-corrected chi connectivity index (χ2v) is 9.40. The molecule has 7 heteroatoms. The van der Waals surface area contributed by atoms with E-state index in [1.165, 1.54) is 44.9 Å². The first kappa shape index (κ1) is 27.1. The zero-order valence-electron chi connectivity index (χ0n) is 19.9. The number of hydrogen-bond acceptors (Lipinski definition) is 6. The highest BCUT2D eigenvalue weighted by Gasteiger charge is 2.38. The highest BCUT2D eigenvalue weighted by Crippen LogP contribution is 2.21. The van der Waals surface area contributed by atoms with Crippen LogP contribution in [0.4, 0.5) is 0 Å². The molecule has 31 heavy (non-hydrogen) atoms. The number of hydroxylamine groups is 2. The fraction of sp³-hybridized carbons (Fsp3) is 0.833. The van der Waals surface area contributed by atoms with Crippen molar-refractivity contribution in [3.8, 4) is 0 Å². The largest absolute Gasteiger partial charge is 0.459 e. The molecule has 0 N–H and O–H groups in total. The van der Waals surface area contributed by atoms with Gasteiger partial charge in [-0.3, -0.25) is 14.4 Å². The Hall–Kier alpha value is -1.92. The highest BCUT2D eigenvalue weighted by molar-refractivity contribution is 6.03. The molecule has 0 saturated carbocycles. The number of unbranched alkanes of at least 4 members (excludes halogenated alkanes) is 10. The van der Waals surface area contributed by atoms with Crippen LogP contribution in [0, 0.1) is 5.92 Å². The Morgan fingerprint density at radius 2 is 1.26 bits per heavy atom. The van der Waals surface area contributed by atoms with Gasteiger partial charge in [-0.2, -0.15) is 0 Å². The third kappa shape index (κ3) is 11.3. The van der Waals surface area contributed by atoms with Crippen molar-refractivity contribution in [1.82, 2.24) is 5.06 Å². The Balaban J connectivity index is 2.41. The first-order chi connectivity index (χ1) is 14.7. The maximum atomic E-state index is 12.6. The molecular weight excluding hydrogens is 398 g/mol. The number of carbonyl (C=O) groups excluding carboxylic acids is 4. The molecule has 1 aliphatic rings. The molecule has 0 aromatic rings. The summed E-state index contributed by atoms with van der Waals surface area (Å²) in [6.45, 7) is 7.40. The van der Waals surface area contributed by atoms with Crippen LogP contribution in [-0.2, 0) is 28.8 Å². The predicted octanol–water partition coefficient (Wildman–Crippen LogP) is 5.25. The molecule has 0 spiro atoms. The summed E-state index contributed by atoms with van der Waals surface area (Å²) < 4.78 is 5.36. The Kier molecular flexibility index (Phi) is 12.4. The number of imide groups is 1. The molecule has 7 nitrogen and oxygen atoms in total. The van der Waals surface area contributed by atoms with Gasteiger partial charge in [-0.15, -0.1) is 5.06 Å². The van der Waals surface area contributed by atoms with Crippen LogP contribution in [0.25, 0.3) is 0 Å². The normalized spacial score (nSPS) is 15.3. The maximum absolute atomic E-state index is 12.6. The topological polar surface area (TPSA) is 90.0 Å². The quantitative estimate of drug-likeness (QED) is 0.150. The smallest absolute Gasteiger partial charge is 0.347 e. The summed E-state index contributed by atoms with van der Waals surface area (Å²) in [5, 5.41) is 0.486. The lowest BCUT2D eigenvalue weighted by Crippen LogP contribution is -2.39. The van der Waals surface area contributed by atoms with E-state index in [-0.39, 0.29) is 19.3 Å². The van der Waals surface area contributed by atoms with Crippen LogP contribution >= 0.6 is 0 Å². The lowest BCUT2D eigenvalue weighted by molar-refractivity contribution is -0.204. The van der Waals surface area contributed by atoms with Crippen molar-refractivity contribution in [2.75, 3.05) is 0 Å². The van der Waals surface area contributed by atoms with Crippen molar-refractivity contribution in [2.45, 2.75) is 123 Å². The van der Waals surface area contributed by atoms with Crippen molar-refractivity contribution in [2.24, 2.45) is 5.92 Å². The molecule has 2 amide bonds. The minimum absolute atomic E-state index is 0.0157. The molecular formula is C24H41NO6. The van der Waals surface area contributed by atoms with Crippen LogP contribution in [0.3, 0.4) is 0 Å². The second kappa shape index (κ2) is 14.2. The fourth-order valence-electron chi connectivity index (χ4n) is 3.53. The van der Waals surface area contributed by atoms with Crippen molar-refractivity contribution in [1.29, 1.82) is 0 Å². The van der Waals surface area contributed by atoms with Gasteiger partial charge in [-0.05, 0) is 27.2 Å². The summed E-state index contributed by atoms with van der Waals surface area (Å²) in [6, 6.07) is 0. The molecule has 0 aromatic carbocycles. The zero-order chi connectivity index (χ0) is 23.3. The van der Waals surface area contributed by atoms with E-state index in [2.05, 4.69) is 6.92 Å². The first-order valence-electron chi connectivity index (χ1n) is 12.0. The molecule has 1 aliphatic heterocycles. The Bertz CT molecular complexity index is 579. The van der Waals surface area contributed by atoms with Gasteiger partial charge in [0.2, 0.25) is 0 Å². The van der Waals surface area contributed by atoms with Crippen molar-refractivity contribution in [3.05, 3.63) is 0 Å². The molecule has 0 aromatic heterocycles. The second-order valence-electron chi connectivity index (χ2n) is 9.40. The third-order valence-corrected chi connectivity index (χ3v) is 5.26. The minimum atomic E-state index is -1.14. The van der Waals surface area contributed by atoms with Gasteiger partial charge in [0, 0.05) is 12.8 Å². The van der Waals surface area contributed by atoms with E-state index in [9.17, 15) is 19.2 Å². The lowest BCUT2D eigenvalue weighted by atomic mass is 9.99. The van der Waals surface area contributed by atoms with Gasteiger partial charge in [0.1, 0.15) is 5.60 Å². The highest BCUT2D eigenvalue weighted by atomic mass is 16.7. The van der Waals surface area contributed by atoms with E-state index in [1.807, 2.05) is 0 Å². The molecule has 1 saturated heterocycles. The molecule has 178 valence electrons. The van der Waals surface area contributed by atoms with E-state index in [1.54, 1.807) is 20.8 Å². The number of carbonyl (C=O) groups is 4. The number of esters is 1. The Labute approximate surface area is 187 Å². The van der Waals surface area contributed by atoms with Crippen LogP contribution in [0.2, 0.25) is 0 Å². The molecule has 1 fully saturated rings. The van der Waals surface area contributed by atoms with E-state index in [0.717, 1.165) is 19.3 Å². The van der Waals surface area contributed by atoms with Crippen molar-refractivity contribution >= 4 is 23.8 Å². The summed E-state index contributed by atoms with van der Waals surface area (Å²) in [4.78, 5) is 53.5. The number of nitrogens with zero attached hydrogens (tertiary/aromatic N) is 1. The summed E-state index contributed by atoms with van der Waals surface area (Å²) >= 11 is 0. The number of ether oxygens (including phenoxy) is 1. The zero-order valence-corrected chi connectivity index (χ0v) is 19.9. The van der Waals surface area contributed by atoms with Crippen molar-refractivity contribution < 1.29 is 28.8 Å². The summed E-state index contributed by atoms with van der Waals surface area (Å²) in [7, 11) is 0. The Morgan fingerprint density at radius 3 is 1.71 bits per heavy atom. The number of hydrogen-bond donors (Lipinski definition) is 0. The average molecular weight is 440 g/mol. The van der Waals surface area contributed by atoms with E-state index in [4.69, 9.17) is 9.57 Å². The third-order valence-electron chi connectivity index (χ3n) is 5.26. The van der Waals surface area contributed by atoms with Gasteiger partial charge >= 0.3 is 11.9 Å². The van der Waals surface area contributed by atoms with E-state index < -0.39 is 35.3 Å². The SMILES string of the molecule is CCCCCCCCCCCCCC(C(=O)ON1C(=O)CCC1=O)C(=O)OC(C)(C)C. The average Bonchev–Trinajstić information content (AvgIpc) is 2.99.